The van der Waals surface area contributed by atoms with Crippen LogP contribution >= 0.6 is 0 Å². The maximum Gasteiger partial charge on any atom is 3.00 e. The summed E-state index contributed by atoms with van der Waals surface area (Å²) in [5.74, 6) is 1.32. The van der Waals surface area contributed by atoms with Gasteiger partial charge in [-0.1, -0.05) is 169 Å². The minimum absolute atomic E-state index is 0. The van der Waals surface area contributed by atoms with Crippen LogP contribution in [0.5, 0.6) is 0 Å². The van der Waals surface area contributed by atoms with Crippen LogP contribution in [0.1, 0.15) is 66.5 Å². The molecule has 4 rings (SSSR count). The number of benzene rings is 3. The molecule has 2 nitrogen and oxygen atoms in total. The van der Waals surface area contributed by atoms with E-state index in [1.54, 1.807) is 0 Å². The Balaban J connectivity index is 0.00000121. The number of aromatic nitrogens is 1. The second-order valence-corrected chi connectivity index (χ2v) is 34.8. The summed E-state index contributed by atoms with van der Waals surface area (Å²) in [5, 5.41) is 9.76. The molecule has 4 aromatic rings. The Labute approximate surface area is 326 Å². The Morgan fingerprint density at radius 1 is 0.612 bits per heavy atom. The largest absolute Gasteiger partial charge is 3.00 e. The molecule has 1 radical (unpaired) electrons. The van der Waals surface area contributed by atoms with Gasteiger partial charge < -0.3 is 29.9 Å². The van der Waals surface area contributed by atoms with Gasteiger partial charge in [0.1, 0.15) is 0 Å². The van der Waals surface area contributed by atoms with E-state index in [4.69, 9.17) is 10.3 Å². The van der Waals surface area contributed by atoms with E-state index >= 15 is 0 Å². The maximum atomic E-state index is 5.01. The van der Waals surface area contributed by atoms with E-state index in [0.29, 0.717) is 5.92 Å². The van der Waals surface area contributed by atoms with Crippen molar-refractivity contribution in [2.24, 2.45) is 5.92 Å². The first-order chi connectivity index (χ1) is 21.4. The summed E-state index contributed by atoms with van der Waals surface area (Å²) < 4.78 is 0. The predicted octanol–water partition coefficient (Wildman–Crippen LogP) is 14.4. The summed E-state index contributed by atoms with van der Waals surface area (Å²) in [6.07, 6.45) is 0. The Morgan fingerprint density at radius 2 is 1.06 bits per heavy atom. The van der Waals surface area contributed by atoms with Gasteiger partial charge in [0.25, 0.3) is 0 Å². The van der Waals surface area contributed by atoms with Crippen LogP contribution in [0.2, 0.25) is 58.9 Å². The monoisotopic (exact) mass is 788 g/mol. The molecule has 0 saturated heterocycles. The van der Waals surface area contributed by atoms with Crippen molar-refractivity contribution in [2.75, 3.05) is 6.54 Å². The smallest absolute Gasteiger partial charge is 0.465 e. The molecule has 0 N–H and O–H groups in total. The van der Waals surface area contributed by atoms with Crippen LogP contribution in [0, 0.1) is 25.6 Å². The Bertz CT molecular complexity index is 1550. The van der Waals surface area contributed by atoms with E-state index < -0.39 is 24.2 Å². The average molecular weight is 791 g/mol. The van der Waals surface area contributed by atoms with Crippen molar-refractivity contribution in [3.05, 3.63) is 96.7 Å². The molecule has 0 aliphatic rings. The molecule has 6 heteroatoms. The SMILES string of the molecule is CC(C)C[N-]c1cccc(-c2c3ccc(C(C)(C)C)cc3cc3ccc(C(C)(C)C)cc23)n1.[CH2-][Si](C)(C)C.[CH2-][Si](C)(C)C.[CH2-][Si](C)(C)C.[Zr+3]. The summed E-state index contributed by atoms with van der Waals surface area (Å²) in [6.45, 7) is 50.5. The molecule has 0 atom stereocenters. The van der Waals surface area contributed by atoms with Crippen LogP contribution in [0.25, 0.3) is 38.1 Å². The van der Waals surface area contributed by atoms with Gasteiger partial charge in [-0.05, 0) is 79.4 Å². The molecule has 0 spiro atoms. The van der Waals surface area contributed by atoms with Crippen LogP contribution < -0.4 is 0 Å². The maximum absolute atomic E-state index is 5.01. The van der Waals surface area contributed by atoms with E-state index in [9.17, 15) is 0 Å². The molecule has 0 saturated carbocycles. The fourth-order valence-electron chi connectivity index (χ4n) is 4.26. The molecule has 1 aromatic heterocycles. The molecular formula is C43H70N2Si3Zr-. The van der Waals surface area contributed by atoms with Gasteiger partial charge in [0.2, 0.25) is 0 Å². The van der Waals surface area contributed by atoms with Crippen LogP contribution in [0.4, 0.5) is 5.82 Å². The first-order valence-corrected chi connectivity index (χ1v) is 28.8. The number of fused-ring (bicyclic) bond motifs is 2. The first-order valence-electron chi connectivity index (χ1n) is 17.7. The molecule has 0 amide bonds. The van der Waals surface area contributed by atoms with Gasteiger partial charge in [-0.2, -0.15) is 0 Å². The van der Waals surface area contributed by atoms with Crippen LogP contribution in [-0.4, -0.2) is 35.8 Å². The zero-order valence-electron chi connectivity index (χ0n) is 34.6. The molecule has 1 heterocycles. The van der Waals surface area contributed by atoms with Crippen molar-refractivity contribution in [1.82, 2.24) is 4.98 Å². The van der Waals surface area contributed by atoms with Crippen LogP contribution in [0.15, 0.2) is 60.7 Å². The average Bonchev–Trinajstić information content (AvgIpc) is 2.86. The van der Waals surface area contributed by atoms with Crippen molar-refractivity contribution < 1.29 is 26.2 Å². The van der Waals surface area contributed by atoms with Crippen LogP contribution in [0.3, 0.4) is 0 Å². The quantitative estimate of drug-likeness (QED) is 0.115. The second kappa shape index (κ2) is 18.9. The van der Waals surface area contributed by atoms with Gasteiger partial charge in [-0.15, -0.1) is 24.2 Å². The number of hydrogen-bond donors (Lipinski definition) is 0. The standard InChI is InChI=1S/C31H37N2.3C4H11Si.Zr/c1-20(2)19-32-28-11-9-10-27(33-28)29-25-15-14-23(30(3,4)5)17-22(25)16-21-12-13-24(18-26(21)29)31(6,7)8;3*1-5(2,3)4;/h9-18,20H,19H2,1-8H3;3*1H2,2-4H3;/q4*-1;+3. The third kappa shape index (κ3) is 20.3. The minimum Gasteiger partial charge on any atom is -0.465 e. The molecule has 0 aliphatic carbocycles. The normalized spacial score (nSPS) is 12.2. The van der Waals surface area contributed by atoms with Gasteiger partial charge in [-0.3, -0.25) is 0 Å². The summed E-state index contributed by atoms with van der Waals surface area (Å²) in [5.41, 5.74) is 5.06. The van der Waals surface area contributed by atoms with E-state index in [-0.39, 0.29) is 37.0 Å². The summed E-state index contributed by atoms with van der Waals surface area (Å²) in [7, 11) is -2.58. The van der Waals surface area contributed by atoms with E-state index in [0.717, 1.165) is 18.1 Å². The molecule has 0 aliphatic heterocycles. The number of pyridine rings is 1. The topological polar surface area (TPSA) is 27.0 Å². The Hall–Kier alpha value is -1.34. The zero-order chi connectivity index (χ0) is 37.5. The predicted molar refractivity (Wildman–Crippen MR) is 231 cm³/mol. The van der Waals surface area contributed by atoms with Gasteiger partial charge >= 0.3 is 26.2 Å². The number of nitrogens with zero attached hydrogens (tertiary/aromatic N) is 2. The zero-order valence-corrected chi connectivity index (χ0v) is 40.0. The molecule has 0 fully saturated rings. The molecule has 0 bridgehead atoms. The molecule has 269 valence electrons. The molecule has 0 unspecified atom stereocenters. The summed E-state index contributed by atoms with van der Waals surface area (Å²) in [4.78, 5) is 5.01. The van der Waals surface area contributed by atoms with Gasteiger partial charge in [0.05, 0.1) is 0 Å². The van der Waals surface area contributed by atoms with Gasteiger partial charge in [0, 0.05) is 0 Å². The van der Waals surface area contributed by atoms with E-state index in [1.807, 2.05) is 6.07 Å². The summed E-state index contributed by atoms with van der Waals surface area (Å²) in [6, 6.07) is 22.4. The molecule has 49 heavy (non-hydrogen) atoms. The van der Waals surface area contributed by atoms with E-state index in [1.165, 1.54) is 38.2 Å². The Morgan fingerprint density at radius 3 is 1.51 bits per heavy atom. The first kappa shape index (κ1) is 47.7. The van der Waals surface area contributed by atoms with E-state index in [2.05, 4.69) is 189 Å². The number of hydrogen-bond acceptors (Lipinski definition) is 1. The van der Waals surface area contributed by atoms with Crippen molar-refractivity contribution in [3.63, 3.8) is 0 Å². The van der Waals surface area contributed by atoms with Crippen molar-refractivity contribution >= 4 is 51.6 Å². The van der Waals surface area contributed by atoms with Gasteiger partial charge in [-0.25, -0.2) is 0 Å². The van der Waals surface area contributed by atoms with Crippen molar-refractivity contribution in [2.45, 2.75) is 125 Å². The fraction of sp³-hybridized carbons (Fsp3) is 0.488. The minimum atomic E-state index is -0.861. The van der Waals surface area contributed by atoms with Crippen LogP contribution in [-0.2, 0) is 37.0 Å². The summed E-state index contributed by atoms with van der Waals surface area (Å²) >= 11 is 0. The fourth-order valence-corrected chi connectivity index (χ4v) is 4.26. The van der Waals surface area contributed by atoms with Crippen molar-refractivity contribution in [1.29, 1.82) is 0 Å². The van der Waals surface area contributed by atoms with Gasteiger partial charge in [0.15, 0.2) is 0 Å². The number of rotatable bonds is 4. The molecule has 3 aromatic carbocycles. The third-order valence-corrected chi connectivity index (χ3v) is 6.30. The second-order valence-electron chi connectivity index (χ2n) is 19.4. The Kier molecular flexibility index (Phi) is 18.4. The molecular weight excluding hydrogens is 720 g/mol. The van der Waals surface area contributed by atoms with Crippen molar-refractivity contribution in [3.8, 4) is 11.3 Å². The third-order valence-electron chi connectivity index (χ3n) is 6.30.